The van der Waals surface area contributed by atoms with Crippen LogP contribution in [0.5, 0.6) is 5.75 Å². The van der Waals surface area contributed by atoms with Gasteiger partial charge in [-0.3, -0.25) is 0 Å². The molecule has 0 atom stereocenters. The second-order valence-corrected chi connectivity index (χ2v) is 8.89. The molecular formula is C34H22O9. The molecule has 0 saturated heterocycles. The van der Waals surface area contributed by atoms with Gasteiger partial charge in [0.1, 0.15) is 18.0 Å². The van der Waals surface area contributed by atoms with E-state index in [1.807, 2.05) is 0 Å². The van der Waals surface area contributed by atoms with Gasteiger partial charge in [0.15, 0.2) is 0 Å². The highest BCUT2D eigenvalue weighted by Crippen LogP contribution is 2.41. The molecule has 0 radical (unpaired) electrons. The quantitative estimate of drug-likeness (QED) is 0.177. The summed E-state index contributed by atoms with van der Waals surface area (Å²) in [5, 5.41) is 31.2. The van der Waals surface area contributed by atoms with Gasteiger partial charge in [-0.2, -0.15) is 0 Å². The van der Waals surface area contributed by atoms with Crippen molar-refractivity contribution in [2.45, 2.75) is 13.8 Å². The standard InChI is InChI=1S/C34H22O9/c1-3-17-42-33(40)24-13-7-21(8-14-24)20-5-9-22(10-6-20)26-19-27(35)28(30(32(38)39)29(26)31(36)37)23-11-15-25(16-12-23)34(41)43-18-4-2/h5-16,19,35H,1-2H3,(H,36,37)(H,38,39). The van der Waals surface area contributed by atoms with Crippen LogP contribution in [0.2, 0.25) is 0 Å². The first-order valence-electron chi connectivity index (χ1n) is 12.6. The van der Waals surface area contributed by atoms with Crippen LogP contribution in [0.4, 0.5) is 0 Å². The fraction of sp³-hybridized carbons (Fsp3) is 0.0588. The molecule has 9 nitrogen and oxygen atoms in total. The van der Waals surface area contributed by atoms with Crippen LogP contribution >= 0.6 is 0 Å². The summed E-state index contributed by atoms with van der Waals surface area (Å²) < 4.78 is 9.53. The number of aromatic carboxylic acids is 2. The summed E-state index contributed by atoms with van der Waals surface area (Å²) in [7, 11) is 0. The third kappa shape index (κ3) is 6.37. The van der Waals surface area contributed by atoms with Crippen molar-refractivity contribution in [3.8, 4) is 63.2 Å². The molecule has 0 saturated carbocycles. The maximum absolute atomic E-state index is 12.4. The Labute approximate surface area is 246 Å². The van der Waals surface area contributed by atoms with E-state index in [-0.39, 0.29) is 22.3 Å². The van der Waals surface area contributed by atoms with E-state index in [9.17, 15) is 34.5 Å². The Kier molecular flexibility index (Phi) is 8.90. The minimum Gasteiger partial charge on any atom is -0.507 e. The third-order valence-electron chi connectivity index (χ3n) is 6.28. The van der Waals surface area contributed by atoms with E-state index in [4.69, 9.17) is 9.47 Å². The molecule has 0 aliphatic rings. The predicted molar refractivity (Wildman–Crippen MR) is 156 cm³/mol. The second-order valence-electron chi connectivity index (χ2n) is 8.89. The molecule has 0 heterocycles. The number of phenols is 1. The summed E-state index contributed by atoms with van der Waals surface area (Å²) in [6, 6.07) is 19.8. The third-order valence-corrected chi connectivity index (χ3v) is 6.28. The fourth-order valence-electron chi connectivity index (χ4n) is 4.35. The molecule has 0 aliphatic heterocycles. The Balaban J connectivity index is 1.74. The number of aromatic hydroxyl groups is 1. The van der Waals surface area contributed by atoms with Gasteiger partial charge in [0.2, 0.25) is 0 Å². The number of hydrogen-bond acceptors (Lipinski definition) is 7. The average molecular weight is 575 g/mol. The Hall–Kier alpha value is -6.32. The summed E-state index contributed by atoms with van der Waals surface area (Å²) in [5.74, 6) is 0.0429. The van der Waals surface area contributed by atoms with Gasteiger partial charge in [0.25, 0.3) is 0 Å². The van der Waals surface area contributed by atoms with Gasteiger partial charge in [-0.05, 0) is 52.6 Å². The number of benzene rings is 4. The number of carboxylic acids is 2. The lowest BCUT2D eigenvalue weighted by Gasteiger charge is -2.17. The van der Waals surface area contributed by atoms with E-state index in [0.29, 0.717) is 11.1 Å². The van der Waals surface area contributed by atoms with Gasteiger partial charge in [-0.25, -0.2) is 19.2 Å². The first-order chi connectivity index (χ1) is 20.7. The Morgan fingerprint density at radius 1 is 0.581 bits per heavy atom. The molecule has 212 valence electrons. The number of carboxylic acid groups (broad SMARTS) is 2. The van der Waals surface area contributed by atoms with Crippen molar-refractivity contribution in [1.82, 2.24) is 0 Å². The smallest absolute Gasteiger partial charge is 0.352 e. The van der Waals surface area contributed by atoms with Gasteiger partial charge in [-0.1, -0.05) is 60.4 Å². The molecule has 0 unspecified atom stereocenters. The zero-order valence-corrected chi connectivity index (χ0v) is 22.8. The SMILES string of the molecule is CC#COC(=O)c1ccc(-c2ccc(-c3cc(O)c(-c4ccc(C(=O)OC#CC)cc4)c(C(=O)O)c3C(=O)O)cc2)cc1. The predicted octanol–water partition coefficient (Wildman–Crippen LogP) is 6.06. The van der Waals surface area contributed by atoms with Crippen molar-refractivity contribution in [3.63, 3.8) is 0 Å². The summed E-state index contributed by atoms with van der Waals surface area (Å²) in [5.41, 5.74) is 1.07. The number of rotatable bonds is 7. The van der Waals surface area contributed by atoms with Crippen molar-refractivity contribution < 1.29 is 44.0 Å². The molecule has 9 heteroatoms. The highest BCUT2D eigenvalue weighted by atomic mass is 16.5. The van der Waals surface area contributed by atoms with E-state index < -0.39 is 40.8 Å². The maximum Gasteiger partial charge on any atom is 0.352 e. The zero-order chi connectivity index (χ0) is 31.1. The second kappa shape index (κ2) is 12.9. The molecule has 0 amide bonds. The lowest BCUT2D eigenvalue weighted by Crippen LogP contribution is -2.12. The van der Waals surface area contributed by atoms with Gasteiger partial charge < -0.3 is 24.8 Å². The number of hydrogen-bond donors (Lipinski definition) is 3. The van der Waals surface area contributed by atoms with E-state index in [1.165, 1.54) is 37.3 Å². The van der Waals surface area contributed by atoms with Crippen LogP contribution < -0.4 is 0 Å². The molecule has 0 aromatic heterocycles. The van der Waals surface area contributed by atoms with Crippen molar-refractivity contribution in [2.24, 2.45) is 0 Å². The lowest BCUT2D eigenvalue weighted by atomic mass is 9.87. The highest BCUT2D eigenvalue weighted by molar-refractivity contribution is 6.12. The molecule has 3 N–H and O–H groups in total. The van der Waals surface area contributed by atoms with E-state index >= 15 is 0 Å². The molecule has 0 bridgehead atoms. The first kappa shape index (κ1) is 29.7. The van der Waals surface area contributed by atoms with Crippen LogP contribution in [0.25, 0.3) is 33.4 Å². The fourth-order valence-corrected chi connectivity index (χ4v) is 4.35. The Bertz CT molecular complexity index is 1860. The normalized spacial score (nSPS) is 9.91. The van der Waals surface area contributed by atoms with E-state index in [0.717, 1.165) is 11.1 Å². The van der Waals surface area contributed by atoms with Crippen molar-refractivity contribution in [3.05, 3.63) is 101 Å². The van der Waals surface area contributed by atoms with E-state index in [2.05, 4.69) is 24.1 Å². The Morgan fingerprint density at radius 3 is 1.40 bits per heavy atom. The number of phenolic OH excluding ortho intramolecular Hbond substituents is 1. The van der Waals surface area contributed by atoms with Crippen LogP contribution in [0.1, 0.15) is 55.3 Å². The van der Waals surface area contributed by atoms with Crippen LogP contribution in [0, 0.1) is 24.1 Å². The molecule has 4 rings (SSSR count). The van der Waals surface area contributed by atoms with Crippen LogP contribution in [0.15, 0.2) is 78.9 Å². The summed E-state index contributed by atoms with van der Waals surface area (Å²) in [6.45, 7) is 3.04. The lowest BCUT2D eigenvalue weighted by molar-refractivity contribution is 0.0652. The molecule has 4 aromatic carbocycles. The van der Waals surface area contributed by atoms with Crippen molar-refractivity contribution in [1.29, 1.82) is 0 Å². The molecule has 0 spiro atoms. The number of carbonyl (C=O) groups excluding carboxylic acids is 2. The summed E-state index contributed by atoms with van der Waals surface area (Å²) in [4.78, 5) is 48.9. The zero-order valence-electron chi connectivity index (χ0n) is 22.8. The van der Waals surface area contributed by atoms with Crippen LogP contribution in [0.3, 0.4) is 0 Å². The average Bonchev–Trinajstić information content (AvgIpc) is 3.02. The van der Waals surface area contributed by atoms with E-state index in [1.54, 1.807) is 55.5 Å². The van der Waals surface area contributed by atoms with Gasteiger partial charge in [0, 0.05) is 25.0 Å². The topological polar surface area (TPSA) is 147 Å². The maximum atomic E-state index is 12.4. The number of carbonyl (C=O) groups is 4. The van der Waals surface area contributed by atoms with Crippen LogP contribution in [-0.4, -0.2) is 39.2 Å². The number of ether oxygens (including phenoxy) is 2. The summed E-state index contributed by atoms with van der Waals surface area (Å²) >= 11 is 0. The monoisotopic (exact) mass is 574 g/mol. The summed E-state index contributed by atoms with van der Waals surface area (Å²) in [6.07, 6.45) is 4.44. The largest absolute Gasteiger partial charge is 0.507 e. The van der Waals surface area contributed by atoms with Gasteiger partial charge in [0.05, 0.1) is 22.3 Å². The minimum absolute atomic E-state index is 0.00818. The van der Waals surface area contributed by atoms with Crippen molar-refractivity contribution in [2.75, 3.05) is 0 Å². The molecule has 0 fully saturated rings. The van der Waals surface area contributed by atoms with Gasteiger partial charge >= 0.3 is 23.9 Å². The minimum atomic E-state index is -1.56. The van der Waals surface area contributed by atoms with Crippen molar-refractivity contribution >= 4 is 23.9 Å². The molecular weight excluding hydrogens is 552 g/mol. The first-order valence-corrected chi connectivity index (χ1v) is 12.6. The molecule has 4 aromatic rings. The number of esters is 2. The molecule has 43 heavy (non-hydrogen) atoms. The van der Waals surface area contributed by atoms with Crippen LogP contribution in [-0.2, 0) is 9.47 Å². The molecule has 0 aliphatic carbocycles. The highest BCUT2D eigenvalue weighted by Gasteiger charge is 2.28. The van der Waals surface area contributed by atoms with Gasteiger partial charge in [-0.15, -0.1) is 0 Å². The Morgan fingerprint density at radius 2 is 0.977 bits per heavy atom.